The number of ether oxygens (including phenoxy) is 2. The van der Waals surface area contributed by atoms with Crippen molar-refractivity contribution in [2.24, 2.45) is 5.73 Å². The Morgan fingerprint density at radius 3 is 2.70 bits per heavy atom. The molecule has 0 aromatic heterocycles. The monoisotopic (exact) mass is 360 g/mol. The molecule has 0 atom stereocenters. The Morgan fingerprint density at radius 1 is 1.30 bits per heavy atom. The van der Waals surface area contributed by atoms with Gasteiger partial charge in [0.25, 0.3) is 0 Å². The molecule has 0 saturated heterocycles. The molecule has 0 aliphatic carbocycles. The van der Waals surface area contributed by atoms with Crippen LogP contribution in [-0.4, -0.2) is 37.0 Å². The maximum absolute atomic E-state index is 11.9. The molecule has 23 heavy (non-hydrogen) atoms. The van der Waals surface area contributed by atoms with Gasteiger partial charge in [-0.15, -0.1) is 24.2 Å². The zero-order valence-electron chi connectivity index (χ0n) is 13.6. The summed E-state index contributed by atoms with van der Waals surface area (Å²) in [6.45, 7) is 5.63. The third-order valence-corrected chi connectivity index (χ3v) is 4.30. The van der Waals surface area contributed by atoms with Crippen LogP contribution in [0.4, 0.5) is 0 Å². The standard InChI is InChI=1S/C16H24N2O3S.ClH/c1-16(2,11-17)18-15(19)6-9-22-12-4-5-13-14(10-12)21-8-3-7-20-13;/h4-5,10H,3,6-9,11,17H2,1-2H3,(H,18,19);1H. The van der Waals surface area contributed by atoms with Gasteiger partial charge in [-0.1, -0.05) is 0 Å². The number of thioether (sulfide) groups is 1. The Kier molecular flexibility index (Phi) is 8.02. The van der Waals surface area contributed by atoms with E-state index in [1.54, 1.807) is 11.8 Å². The van der Waals surface area contributed by atoms with Crippen molar-refractivity contribution < 1.29 is 14.3 Å². The quantitative estimate of drug-likeness (QED) is 0.763. The van der Waals surface area contributed by atoms with Gasteiger partial charge in [0.2, 0.25) is 5.91 Å². The van der Waals surface area contributed by atoms with Crippen molar-refractivity contribution in [3.63, 3.8) is 0 Å². The summed E-state index contributed by atoms with van der Waals surface area (Å²) in [6, 6.07) is 5.91. The van der Waals surface area contributed by atoms with E-state index in [2.05, 4.69) is 5.32 Å². The van der Waals surface area contributed by atoms with Crippen LogP contribution >= 0.6 is 24.2 Å². The topological polar surface area (TPSA) is 73.6 Å². The summed E-state index contributed by atoms with van der Waals surface area (Å²) in [6.07, 6.45) is 1.36. The fourth-order valence-corrected chi connectivity index (χ4v) is 2.86. The fraction of sp³-hybridized carbons (Fsp3) is 0.562. The minimum atomic E-state index is -0.350. The molecule has 0 bridgehead atoms. The van der Waals surface area contributed by atoms with Gasteiger partial charge in [-0.3, -0.25) is 4.79 Å². The highest BCUT2D eigenvalue weighted by Crippen LogP contribution is 2.33. The van der Waals surface area contributed by atoms with Crippen molar-refractivity contribution in [1.82, 2.24) is 5.32 Å². The Bertz CT molecular complexity index is 526. The van der Waals surface area contributed by atoms with E-state index in [4.69, 9.17) is 15.2 Å². The molecule has 1 aromatic rings. The fourth-order valence-electron chi connectivity index (χ4n) is 1.99. The van der Waals surface area contributed by atoms with E-state index < -0.39 is 0 Å². The number of nitrogens with two attached hydrogens (primary N) is 1. The third-order valence-electron chi connectivity index (χ3n) is 3.30. The first-order chi connectivity index (χ1) is 10.5. The SMILES string of the molecule is CC(C)(CN)NC(=O)CCSc1ccc2c(c1)OCCCO2.Cl. The Balaban J connectivity index is 0.00000264. The Labute approximate surface area is 148 Å². The van der Waals surface area contributed by atoms with Crippen molar-refractivity contribution in [3.8, 4) is 11.5 Å². The molecule has 2 rings (SSSR count). The van der Waals surface area contributed by atoms with Crippen molar-refractivity contribution in [2.45, 2.75) is 37.1 Å². The summed E-state index contributed by atoms with van der Waals surface area (Å²) in [5.41, 5.74) is 5.26. The second kappa shape index (κ2) is 9.25. The lowest BCUT2D eigenvalue weighted by molar-refractivity contribution is -0.122. The molecular weight excluding hydrogens is 336 g/mol. The second-order valence-corrected chi connectivity index (χ2v) is 7.06. The first-order valence-corrected chi connectivity index (χ1v) is 8.52. The molecule has 5 nitrogen and oxygen atoms in total. The molecule has 130 valence electrons. The van der Waals surface area contributed by atoms with E-state index in [9.17, 15) is 4.79 Å². The summed E-state index contributed by atoms with van der Waals surface area (Å²) in [5.74, 6) is 2.32. The maximum atomic E-state index is 11.9. The van der Waals surface area contributed by atoms with Crippen molar-refractivity contribution in [1.29, 1.82) is 0 Å². The van der Waals surface area contributed by atoms with Crippen LogP contribution in [0.1, 0.15) is 26.7 Å². The van der Waals surface area contributed by atoms with Gasteiger partial charge in [0.1, 0.15) is 0 Å². The molecular formula is C16H25ClN2O3S. The van der Waals surface area contributed by atoms with Crippen molar-refractivity contribution >= 4 is 30.1 Å². The first kappa shape index (κ1) is 19.9. The van der Waals surface area contributed by atoms with Crippen LogP contribution in [-0.2, 0) is 4.79 Å². The Hall–Kier alpha value is -1.11. The van der Waals surface area contributed by atoms with Gasteiger partial charge in [0, 0.05) is 35.6 Å². The molecule has 0 fully saturated rings. The van der Waals surface area contributed by atoms with Gasteiger partial charge in [0.05, 0.1) is 13.2 Å². The van der Waals surface area contributed by atoms with Gasteiger partial charge in [-0.25, -0.2) is 0 Å². The van der Waals surface area contributed by atoms with Crippen molar-refractivity contribution in [3.05, 3.63) is 18.2 Å². The lowest BCUT2D eigenvalue weighted by Gasteiger charge is -2.24. The van der Waals surface area contributed by atoms with E-state index in [1.165, 1.54) is 0 Å². The molecule has 1 aromatic carbocycles. The zero-order valence-corrected chi connectivity index (χ0v) is 15.2. The number of carbonyl (C=O) groups excluding carboxylic acids is 1. The van der Waals surface area contributed by atoms with Crippen LogP contribution < -0.4 is 20.5 Å². The molecule has 1 aliphatic heterocycles. The molecule has 1 heterocycles. The summed E-state index contributed by atoms with van der Waals surface area (Å²) in [4.78, 5) is 12.9. The van der Waals surface area contributed by atoms with Crippen LogP contribution in [0.3, 0.4) is 0 Å². The van der Waals surface area contributed by atoms with E-state index in [-0.39, 0.29) is 23.9 Å². The highest BCUT2D eigenvalue weighted by molar-refractivity contribution is 7.99. The number of hydrogen-bond donors (Lipinski definition) is 2. The van der Waals surface area contributed by atoms with Gasteiger partial charge in [-0.2, -0.15) is 0 Å². The first-order valence-electron chi connectivity index (χ1n) is 7.54. The van der Waals surface area contributed by atoms with E-state index in [1.807, 2.05) is 32.0 Å². The molecule has 3 N–H and O–H groups in total. The highest BCUT2D eigenvalue weighted by Gasteiger charge is 2.18. The number of hydrogen-bond acceptors (Lipinski definition) is 5. The zero-order chi connectivity index (χ0) is 16.0. The minimum Gasteiger partial charge on any atom is -0.490 e. The largest absolute Gasteiger partial charge is 0.490 e. The number of amides is 1. The van der Waals surface area contributed by atoms with Crippen LogP contribution in [0.15, 0.2) is 23.1 Å². The number of carbonyl (C=O) groups is 1. The lowest BCUT2D eigenvalue weighted by Crippen LogP contribution is -2.48. The van der Waals surface area contributed by atoms with Gasteiger partial charge < -0.3 is 20.5 Å². The lowest BCUT2D eigenvalue weighted by atomic mass is 10.1. The number of halogens is 1. The number of benzene rings is 1. The molecule has 0 radical (unpaired) electrons. The summed E-state index contributed by atoms with van der Waals surface area (Å²) in [5, 5.41) is 2.93. The summed E-state index contributed by atoms with van der Waals surface area (Å²) < 4.78 is 11.3. The molecule has 0 unspecified atom stereocenters. The van der Waals surface area contributed by atoms with Gasteiger partial charge in [-0.05, 0) is 32.0 Å². The van der Waals surface area contributed by atoms with Crippen LogP contribution in [0.5, 0.6) is 11.5 Å². The maximum Gasteiger partial charge on any atom is 0.221 e. The van der Waals surface area contributed by atoms with Gasteiger partial charge in [0.15, 0.2) is 11.5 Å². The highest BCUT2D eigenvalue weighted by atomic mass is 35.5. The van der Waals surface area contributed by atoms with E-state index in [0.717, 1.165) is 22.8 Å². The van der Waals surface area contributed by atoms with Crippen LogP contribution in [0, 0.1) is 0 Å². The van der Waals surface area contributed by atoms with Crippen LogP contribution in [0.25, 0.3) is 0 Å². The third kappa shape index (κ3) is 6.49. The van der Waals surface area contributed by atoms with Crippen molar-refractivity contribution in [2.75, 3.05) is 25.5 Å². The Morgan fingerprint density at radius 2 is 2.00 bits per heavy atom. The summed E-state index contributed by atoms with van der Waals surface area (Å²) >= 11 is 1.63. The predicted molar refractivity (Wildman–Crippen MR) is 95.9 cm³/mol. The average molecular weight is 361 g/mol. The molecule has 0 spiro atoms. The molecule has 1 aliphatic rings. The number of fused-ring (bicyclic) bond motifs is 1. The minimum absolute atomic E-state index is 0. The smallest absolute Gasteiger partial charge is 0.221 e. The normalized spacial score (nSPS) is 13.7. The second-order valence-electron chi connectivity index (χ2n) is 5.89. The molecule has 0 saturated carbocycles. The van der Waals surface area contributed by atoms with Gasteiger partial charge >= 0.3 is 0 Å². The van der Waals surface area contributed by atoms with E-state index in [0.29, 0.717) is 31.9 Å². The van der Waals surface area contributed by atoms with E-state index >= 15 is 0 Å². The molecule has 1 amide bonds. The predicted octanol–water partition coefficient (Wildman–Crippen LogP) is 2.61. The summed E-state index contributed by atoms with van der Waals surface area (Å²) in [7, 11) is 0. The average Bonchev–Trinajstić information content (AvgIpc) is 2.71. The number of nitrogens with one attached hydrogen (secondary N) is 1. The molecule has 7 heteroatoms. The van der Waals surface area contributed by atoms with Crippen LogP contribution in [0.2, 0.25) is 0 Å². The number of rotatable bonds is 6.